The largest absolute Gasteiger partial charge is 0.497 e. The molecule has 22 heavy (non-hydrogen) atoms. The lowest BCUT2D eigenvalue weighted by Crippen LogP contribution is -2.29. The van der Waals surface area contributed by atoms with Crippen LogP contribution in [0, 0.1) is 13.8 Å². The second-order valence-electron chi connectivity index (χ2n) is 5.07. The van der Waals surface area contributed by atoms with Crippen molar-refractivity contribution in [2.24, 2.45) is 0 Å². The lowest BCUT2D eigenvalue weighted by molar-refractivity contribution is -0.120. The van der Waals surface area contributed by atoms with Gasteiger partial charge in [0.15, 0.2) is 0 Å². The molecule has 1 atom stereocenters. The van der Waals surface area contributed by atoms with Gasteiger partial charge in [0.1, 0.15) is 11.5 Å². The van der Waals surface area contributed by atoms with Crippen LogP contribution >= 0.6 is 0 Å². The van der Waals surface area contributed by atoms with E-state index in [0.717, 1.165) is 16.9 Å². The molecule has 2 rings (SSSR count). The van der Waals surface area contributed by atoms with Crippen LogP contribution in [0.4, 0.5) is 0 Å². The third-order valence-corrected chi connectivity index (χ3v) is 3.51. The van der Waals surface area contributed by atoms with Crippen LogP contribution < -0.4 is 10.1 Å². The van der Waals surface area contributed by atoms with Gasteiger partial charge in [-0.25, -0.2) is 0 Å². The molecule has 0 saturated carbocycles. The Morgan fingerprint density at radius 3 is 2.59 bits per heavy atom. The first-order valence-electron chi connectivity index (χ1n) is 7.01. The summed E-state index contributed by atoms with van der Waals surface area (Å²) in [6.45, 7) is 3.72. The first-order chi connectivity index (χ1) is 10.5. The highest BCUT2D eigenvalue weighted by molar-refractivity contribution is 5.79. The number of carbonyl (C=O) groups is 1. The van der Waals surface area contributed by atoms with E-state index in [4.69, 9.17) is 9.26 Å². The minimum absolute atomic E-state index is 0.147. The highest BCUT2D eigenvalue weighted by Crippen LogP contribution is 2.17. The van der Waals surface area contributed by atoms with E-state index in [1.54, 1.807) is 45.2 Å². The summed E-state index contributed by atoms with van der Waals surface area (Å²) < 4.78 is 10.1. The van der Waals surface area contributed by atoms with E-state index >= 15 is 0 Å². The Labute approximate surface area is 129 Å². The molecule has 0 aliphatic rings. The van der Waals surface area contributed by atoms with Crippen molar-refractivity contribution in [3.8, 4) is 5.75 Å². The van der Waals surface area contributed by atoms with Crippen molar-refractivity contribution < 1.29 is 19.2 Å². The topological polar surface area (TPSA) is 84.6 Å². The number of hydrogen-bond donors (Lipinski definition) is 2. The number of hydrogen-bond acceptors (Lipinski definition) is 5. The summed E-state index contributed by atoms with van der Waals surface area (Å²) in [4.78, 5) is 11.9. The van der Waals surface area contributed by atoms with Gasteiger partial charge in [0.2, 0.25) is 5.91 Å². The van der Waals surface area contributed by atoms with Crippen LogP contribution in [-0.4, -0.2) is 29.8 Å². The zero-order chi connectivity index (χ0) is 16.1. The zero-order valence-corrected chi connectivity index (χ0v) is 12.9. The number of aromatic nitrogens is 1. The fraction of sp³-hybridized carbons (Fsp3) is 0.375. The molecule has 0 unspecified atom stereocenters. The minimum Gasteiger partial charge on any atom is -0.497 e. The highest BCUT2D eigenvalue weighted by Gasteiger charge is 2.15. The first kappa shape index (κ1) is 16.0. The summed E-state index contributed by atoms with van der Waals surface area (Å²) in [6, 6.07) is 7.07. The molecule has 118 valence electrons. The molecular formula is C16H20N2O4. The van der Waals surface area contributed by atoms with Gasteiger partial charge in [-0.3, -0.25) is 4.79 Å². The lowest BCUT2D eigenvalue weighted by Gasteiger charge is -2.12. The number of carbonyl (C=O) groups excluding carboxylic acids is 1. The van der Waals surface area contributed by atoms with E-state index in [9.17, 15) is 9.90 Å². The number of amides is 1. The van der Waals surface area contributed by atoms with Crippen LogP contribution in [0.15, 0.2) is 28.8 Å². The second kappa shape index (κ2) is 7.09. The molecule has 0 aliphatic heterocycles. The van der Waals surface area contributed by atoms with E-state index in [2.05, 4.69) is 10.5 Å². The van der Waals surface area contributed by atoms with Gasteiger partial charge in [-0.1, -0.05) is 17.3 Å². The van der Waals surface area contributed by atoms with Gasteiger partial charge < -0.3 is 19.7 Å². The summed E-state index contributed by atoms with van der Waals surface area (Å²) in [5.41, 5.74) is 2.22. The Kier molecular flexibility index (Phi) is 5.16. The Balaban J connectivity index is 1.87. The van der Waals surface area contributed by atoms with Crippen molar-refractivity contribution in [3.05, 3.63) is 46.8 Å². The molecule has 1 amide bonds. The van der Waals surface area contributed by atoms with Crippen molar-refractivity contribution in [2.75, 3.05) is 13.7 Å². The van der Waals surface area contributed by atoms with Crippen LogP contribution in [0.1, 0.15) is 28.7 Å². The molecule has 2 N–H and O–H groups in total. The average molecular weight is 304 g/mol. The maximum absolute atomic E-state index is 11.9. The monoisotopic (exact) mass is 304 g/mol. The van der Waals surface area contributed by atoms with Crippen LogP contribution in [0.3, 0.4) is 0 Å². The maximum Gasteiger partial charge on any atom is 0.224 e. The van der Waals surface area contributed by atoms with Gasteiger partial charge in [-0.05, 0) is 31.5 Å². The van der Waals surface area contributed by atoms with E-state index in [1.807, 2.05) is 0 Å². The maximum atomic E-state index is 11.9. The van der Waals surface area contributed by atoms with Gasteiger partial charge in [0.25, 0.3) is 0 Å². The molecule has 6 nitrogen and oxygen atoms in total. The predicted octanol–water partition coefficient (Wildman–Crippen LogP) is 1.69. The molecule has 1 aromatic carbocycles. The quantitative estimate of drug-likeness (QED) is 0.848. The van der Waals surface area contributed by atoms with Gasteiger partial charge in [0.05, 0.1) is 25.3 Å². The number of aliphatic hydroxyl groups excluding tert-OH is 1. The van der Waals surface area contributed by atoms with Crippen molar-refractivity contribution in [1.82, 2.24) is 10.5 Å². The number of nitrogens with zero attached hydrogens (tertiary/aromatic N) is 1. The highest BCUT2D eigenvalue weighted by atomic mass is 16.5. The van der Waals surface area contributed by atoms with Crippen LogP contribution in [0.2, 0.25) is 0 Å². The second-order valence-corrected chi connectivity index (χ2v) is 5.07. The Bertz CT molecular complexity index is 615. The van der Waals surface area contributed by atoms with E-state index in [0.29, 0.717) is 11.5 Å². The van der Waals surface area contributed by atoms with Gasteiger partial charge in [0, 0.05) is 12.1 Å². The zero-order valence-electron chi connectivity index (χ0n) is 12.9. The van der Waals surface area contributed by atoms with E-state index in [-0.39, 0.29) is 18.9 Å². The molecule has 0 fully saturated rings. The Morgan fingerprint density at radius 1 is 1.36 bits per heavy atom. The summed E-state index contributed by atoms with van der Waals surface area (Å²) in [5, 5.41) is 16.6. The fourth-order valence-corrected chi connectivity index (χ4v) is 2.13. The predicted molar refractivity (Wildman–Crippen MR) is 80.6 cm³/mol. The normalized spacial score (nSPS) is 12.0. The average Bonchev–Trinajstić information content (AvgIpc) is 2.84. The number of aliphatic hydroxyl groups is 1. The third kappa shape index (κ3) is 3.85. The van der Waals surface area contributed by atoms with E-state index in [1.165, 1.54) is 0 Å². The summed E-state index contributed by atoms with van der Waals surface area (Å²) in [5.74, 6) is 1.18. The standard InChI is InChI=1S/C16H20N2O4/c1-10-14(11(2)22-18-10)8-16(20)17-9-15(19)12-4-6-13(21-3)7-5-12/h4-7,15,19H,8-9H2,1-3H3,(H,17,20)/t15-/m1/s1. The van der Waals surface area contributed by atoms with E-state index < -0.39 is 6.10 Å². The lowest BCUT2D eigenvalue weighted by atomic mass is 10.1. The number of rotatable bonds is 6. The minimum atomic E-state index is -0.764. The van der Waals surface area contributed by atoms with Crippen LogP contribution in [0.5, 0.6) is 5.75 Å². The van der Waals surface area contributed by atoms with Crippen molar-refractivity contribution in [2.45, 2.75) is 26.4 Å². The molecule has 0 aliphatic carbocycles. The fourth-order valence-electron chi connectivity index (χ4n) is 2.13. The van der Waals surface area contributed by atoms with Gasteiger partial charge >= 0.3 is 0 Å². The molecule has 2 aromatic rings. The molecule has 0 bridgehead atoms. The summed E-state index contributed by atoms with van der Waals surface area (Å²) >= 11 is 0. The molecule has 0 radical (unpaired) electrons. The molecular weight excluding hydrogens is 284 g/mol. The van der Waals surface area contributed by atoms with Gasteiger partial charge in [-0.15, -0.1) is 0 Å². The Morgan fingerprint density at radius 2 is 2.05 bits per heavy atom. The number of ether oxygens (including phenoxy) is 1. The molecule has 1 heterocycles. The smallest absolute Gasteiger partial charge is 0.224 e. The first-order valence-corrected chi connectivity index (χ1v) is 7.01. The molecule has 0 spiro atoms. The molecule has 6 heteroatoms. The number of methoxy groups -OCH3 is 1. The van der Waals surface area contributed by atoms with Crippen LogP contribution in [0.25, 0.3) is 0 Å². The van der Waals surface area contributed by atoms with Crippen molar-refractivity contribution in [1.29, 1.82) is 0 Å². The number of aryl methyl sites for hydroxylation is 2. The Hall–Kier alpha value is -2.34. The molecule has 0 saturated heterocycles. The van der Waals surface area contributed by atoms with Crippen molar-refractivity contribution in [3.63, 3.8) is 0 Å². The SMILES string of the molecule is COc1ccc([C@H](O)CNC(=O)Cc2c(C)noc2C)cc1. The summed E-state index contributed by atoms with van der Waals surface area (Å²) in [7, 11) is 1.58. The number of nitrogens with one attached hydrogen (secondary N) is 1. The van der Waals surface area contributed by atoms with Gasteiger partial charge in [-0.2, -0.15) is 0 Å². The third-order valence-electron chi connectivity index (χ3n) is 3.51. The molecule has 1 aromatic heterocycles. The number of benzene rings is 1. The summed E-state index contributed by atoms with van der Waals surface area (Å²) in [6.07, 6.45) is -0.573. The van der Waals surface area contributed by atoms with Crippen molar-refractivity contribution >= 4 is 5.91 Å². The van der Waals surface area contributed by atoms with Crippen LogP contribution in [-0.2, 0) is 11.2 Å².